The molecular weight excluding hydrogens is 202 g/mol. The molecule has 0 spiro atoms. The zero-order valence-electron chi connectivity index (χ0n) is 7.75. The van der Waals surface area contributed by atoms with Crippen LogP contribution in [0.5, 0.6) is 0 Å². The summed E-state index contributed by atoms with van der Waals surface area (Å²) in [7, 11) is 0. The van der Waals surface area contributed by atoms with E-state index in [4.69, 9.17) is 16.9 Å². The molecule has 0 aliphatic carbocycles. The van der Waals surface area contributed by atoms with E-state index in [2.05, 4.69) is 19.9 Å². The summed E-state index contributed by atoms with van der Waals surface area (Å²) in [6.45, 7) is 4.15. The standard InChI is InChI=1S/C10H12ClNS/c1-7(2)8(6-12)5-9-3-4-10(11)13-9/h3-4,7-8H,5H2,1-2H3. The van der Waals surface area contributed by atoms with Crippen LogP contribution in [0.1, 0.15) is 18.7 Å². The average Bonchev–Trinajstić information content (AvgIpc) is 2.46. The average molecular weight is 214 g/mol. The van der Waals surface area contributed by atoms with Gasteiger partial charge in [-0.1, -0.05) is 25.4 Å². The van der Waals surface area contributed by atoms with Crippen molar-refractivity contribution in [2.24, 2.45) is 11.8 Å². The molecule has 13 heavy (non-hydrogen) atoms. The number of nitriles is 1. The van der Waals surface area contributed by atoms with Crippen molar-refractivity contribution in [2.45, 2.75) is 20.3 Å². The molecule has 0 fully saturated rings. The van der Waals surface area contributed by atoms with Crippen LogP contribution in [-0.2, 0) is 6.42 Å². The summed E-state index contributed by atoms with van der Waals surface area (Å²) in [4.78, 5) is 1.20. The predicted molar refractivity (Wildman–Crippen MR) is 57.0 cm³/mol. The van der Waals surface area contributed by atoms with Gasteiger partial charge in [-0.05, 0) is 24.5 Å². The minimum Gasteiger partial charge on any atom is -0.198 e. The highest BCUT2D eigenvalue weighted by molar-refractivity contribution is 7.16. The Morgan fingerprint density at radius 2 is 2.23 bits per heavy atom. The molecule has 0 saturated heterocycles. The Hall–Kier alpha value is -0.520. The lowest BCUT2D eigenvalue weighted by Crippen LogP contribution is -2.08. The molecule has 1 atom stereocenters. The summed E-state index contributed by atoms with van der Waals surface area (Å²) < 4.78 is 0.801. The van der Waals surface area contributed by atoms with Crippen LogP contribution in [0.2, 0.25) is 4.34 Å². The van der Waals surface area contributed by atoms with Gasteiger partial charge in [-0.15, -0.1) is 11.3 Å². The Morgan fingerprint density at radius 1 is 1.54 bits per heavy atom. The van der Waals surface area contributed by atoms with Gasteiger partial charge in [0.15, 0.2) is 0 Å². The zero-order chi connectivity index (χ0) is 9.84. The second kappa shape index (κ2) is 4.64. The summed E-state index contributed by atoms with van der Waals surface area (Å²) in [5.74, 6) is 0.514. The summed E-state index contributed by atoms with van der Waals surface area (Å²) in [6.07, 6.45) is 0.825. The van der Waals surface area contributed by atoms with E-state index in [1.807, 2.05) is 12.1 Å². The molecule has 0 aliphatic rings. The Morgan fingerprint density at radius 3 is 2.62 bits per heavy atom. The first kappa shape index (κ1) is 10.6. The second-order valence-corrected chi connectivity index (χ2v) is 5.19. The van der Waals surface area contributed by atoms with E-state index in [0.29, 0.717) is 5.92 Å². The van der Waals surface area contributed by atoms with Crippen molar-refractivity contribution in [1.29, 1.82) is 5.26 Å². The van der Waals surface area contributed by atoms with Crippen LogP contribution in [0.15, 0.2) is 12.1 Å². The van der Waals surface area contributed by atoms with Gasteiger partial charge in [0, 0.05) is 4.88 Å². The molecule has 1 aromatic heterocycles. The Kier molecular flexibility index (Phi) is 3.77. The molecule has 0 radical (unpaired) electrons. The van der Waals surface area contributed by atoms with Gasteiger partial charge >= 0.3 is 0 Å². The summed E-state index contributed by atoms with van der Waals surface area (Å²) >= 11 is 7.37. The molecule has 70 valence electrons. The van der Waals surface area contributed by atoms with Crippen LogP contribution >= 0.6 is 22.9 Å². The molecule has 3 heteroatoms. The maximum Gasteiger partial charge on any atom is 0.0931 e. The van der Waals surface area contributed by atoms with E-state index in [-0.39, 0.29) is 5.92 Å². The third-order valence-electron chi connectivity index (χ3n) is 2.02. The highest BCUT2D eigenvalue weighted by Gasteiger charge is 2.13. The molecule has 1 heterocycles. The van der Waals surface area contributed by atoms with Crippen molar-refractivity contribution in [1.82, 2.24) is 0 Å². The molecule has 0 aliphatic heterocycles. The van der Waals surface area contributed by atoms with Gasteiger partial charge in [-0.3, -0.25) is 0 Å². The van der Waals surface area contributed by atoms with Gasteiger partial charge in [-0.25, -0.2) is 0 Å². The van der Waals surface area contributed by atoms with Gasteiger partial charge < -0.3 is 0 Å². The van der Waals surface area contributed by atoms with Crippen molar-refractivity contribution < 1.29 is 0 Å². The molecule has 1 aromatic rings. The lowest BCUT2D eigenvalue weighted by molar-refractivity contribution is 0.476. The molecule has 0 N–H and O–H groups in total. The number of hydrogen-bond donors (Lipinski definition) is 0. The third-order valence-corrected chi connectivity index (χ3v) is 3.27. The van der Waals surface area contributed by atoms with Crippen LogP contribution in [0.3, 0.4) is 0 Å². The molecule has 0 aromatic carbocycles. The fourth-order valence-electron chi connectivity index (χ4n) is 1.11. The van der Waals surface area contributed by atoms with Crippen molar-refractivity contribution in [2.75, 3.05) is 0 Å². The quantitative estimate of drug-likeness (QED) is 0.751. The number of nitrogens with zero attached hydrogens (tertiary/aromatic N) is 1. The minimum absolute atomic E-state index is 0.106. The fourth-order valence-corrected chi connectivity index (χ4v) is 2.25. The first-order valence-electron chi connectivity index (χ1n) is 4.27. The molecule has 1 unspecified atom stereocenters. The lowest BCUT2D eigenvalue weighted by Gasteiger charge is -2.10. The molecule has 1 nitrogen and oxygen atoms in total. The number of thiophene rings is 1. The molecule has 1 rings (SSSR count). The summed E-state index contributed by atoms with van der Waals surface area (Å²) in [6, 6.07) is 6.21. The summed E-state index contributed by atoms with van der Waals surface area (Å²) in [5.41, 5.74) is 0. The molecule has 0 amide bonds. The predicted octanol–water partition coefficient (Wildman–Crippen LogP) is 3.74. The Balaban J connectivity index is 2.63. The van der Waals surface area contributed by atoms with Crippen molar-refractivity contribution >= 4 is 22.9 Å². The fraction of sp³-hybridized carbons (Fsp3) is 0.500. The number of hydrogen-bond acceptors (Lipinski definition) is 2. The SMILES string of the molecule is CC(C)C(C#N)Cc1ccc(Cl)s1. The van der Waals surface area contributed by atoms with Crippen molar-refractivity contribution in [3.05, 3.63) is 21.3 Å². The van der Waals surface area contributed by atoms with Gasteiger partial charge in [0.1, 0.15) is 0 Å². The highest BCUT2D eigenvalue weighted by atomic mass is 35.5. The van der Waals surface area contributed by atoms with E-state index in [0.717, 1.165) is 10.8 Å². The van der Waals surface area contributed by atoms with Crippen molar-refractivity contribution in [3.8, 4) is 6.07 Å². The van der Waals surface area contributed by atoms with Gasteiger partial charge in [0.25, 0.3) is 0 Å². The van der Waals surface area contributed by atoms with Crippen LogP contribution in [0, 0.1) is 23.2 Å². The minimum atomic E-state index is 0.106. The van der Waals surface area contributed by atoms with Gasteiger partial charge in [-0.2, -0.15) is 5.26 Å². The zero-order valence-corrected chi connectivity index (χ0v) is 9.32. The van der Waals surface area contributed by atoms with Gasteiger partial charge in [0.05, 0.1) is 16.3 Å². The first-order valence-corrected chi connectivity index (χ1v) is 5.46. The van der Waals surface area contributed by atoms with Gasteiger partial charge in [0.2, 0.25) is 0 Å². The Bertz CT molecular complexity index is 311. The van der Waals surface area contributed by atoms with E-state index in [1.165, 1.54) is 4.88 Å². The normalized spacial score (nSPS) is 12.8. The highest BCUT2D eigenvalue weighted by Crippen LogP contribution is 2.25. The topological polar surface area (TPSA) is 23.8 Å². The third kappa shape index (κ3) is 3.02. The number of rotatable bonds is 3. The van der Waals surface area contributed by atoms with Crippen molar-refractivity contribution in [3.63, 3.8) is 0 Å². The largest absolute Gasteiger partial charge is 0.198 e. The number of halogens is 1. The lowest BCUT2D eigenvalue weighted by atomic mass is 9.94. The maximum atomic E-state index is 8.89. The second-order valence-electron chi connectivity index (χ2n) is 3.39. The van der Waals surface area contributed by atoms with Crippen LogP contribution in [0.4, 0.5) is 0 Å². The molecule has 0 bridgehead atoms. The van der Waals surface area contributed by atoms with Crippen LogP contribution in [-0.4, -0.2) is 0 Å². The monoisotopic (exact) mass is 213 g/mol. The first-order chi connectivity index (χ1) is 6.13. The maximum absolute atomic E-state index is 8.89. The summed E-state index contributed by atoms with van der Waals surface area (Å²) in [5, 5.41) is 8.89. The molecular formula is C10H12ClNS. The Labute approximate surface area is 88.0 Å². The van der Waals surface area contributed by atoms with Crippen LogP contribution < -0.4 is 0 Å². The van der Waals surface area contributed by atoms with Crippen LogP contribution in [0.25, 0.3) is 0 Å². The smallest absolute Gasteiger partial charge is 0.0931 e. The van der Waals surface area contributed by atoms with E-state index < -0.39 is 0 Å². The van der Waals surface area contributed by atoms with E-state index >= 15 is 0 Å². The molecule has 0 saturated carbocycles. The van der Waals surface area contributed by atoms with E-state index in [9.17, 15) is 0 Å². The van der Waals surface area contributed by atoms with E-state index in [1.54, 1.807) is 11.3 Å².